The van der Waals surface area contributed by atoms with Crippen LogP contribution in [0.5, 0.6) is 0 Å². The molecule has 0 fully saturated rings. The number of likely N-dealkylation sites (N-methyl/N-ethyl adjacent to an activating group) is 2. The summed E-state index contributed by atoms with van der Waals surface area (Å²) in [7, 11) is 1.73. The van der Waals surface area contributed by atoms with E-state index in [4.69, 9.17) is 5.11 Å². The average Bonchev–Trinajstić information content (AvgIpc) is 2.17. The number of nitrogens with zero attached hydrogens (tertiary/aromatic N) is 1. The summed E-state index contributed by atoms with van der Waals surface area (Å²) >= 11 is 0. The molecule has 0 aromatic heterocycles. The van der Waals surface area contributed by atoms with Crippen LogP contribution in [0.25, 0.3) is 0 Å². The van der Waals surface area contributed by atoms with E-state index < -0.39 is 0 Å². The van der Waals surface area contributed by atoms with Crippen LogP contribution in [0.3, 0.4) is 0 Å². The summed E-state index contributed by atoms with van der Waals surface area (Å²) in [6.07, 6.45) is 0. The fourth-order valence-electron chi connectivity index (χ4n) is 0.843. The van der Waals surface area contributed by atoms with Gasteiger partial charge in [-0.2, -0.15) is 0 Å². The van der Waals surface area contributed by atoms with Gasteiger partial charge >= 0.3 is 0 Å². The van der Waals surface area contributed by atoms with Crippen molar-refractivity contribution in [2.45, 2.75) is 20.8 Å². The number of aliphatic hydroxyl groups is 1. The zero-order chi connectivity index (χ0) is 10.7. The minimum atomic E-state index is 0.0310. The number of carbonyl (C=O) groups excluding carboxylic acids is 1. The molecule has 0 spiro atoms. The summed E-state index contributed by atoms with van der Waals surface area (Å²) in [4.78, 5) is 12.7. The van der Waals surface area contributed by atoms with Crippen molar-refractivity contribution in [2.75, 3.05) is 33.3 Å². The molecule has 0 aromatic rings. The molecule has 0 aliphatic heterocycles. The number of amides is 1. The van der Waals surface area contributed by atoms with Crippen molar-refractivity contribution < 1.29 is 9.90 Å². The van der Waals surface area contributed by atoms with Gasteiger partial charge in [-0.25, -0.2) is 0 Å². The molecule has 4 heteroatoms. The number of nitrogens with one attached hydrogen (secondary N) is 1. The molecule has 80 valence electrons. The van der Waals surface area contributed by atoms with Crippen LogP contribution in [-0.2, 0) is 4.79 Å². The summed E-state index contributed by atoms with van der Waals surface area (Å²) in [5.41, 5.74) is 0. The van der Waals surface area contributed by atoms with Crippen LogP contribution < -0.4 is 5.32 Å². The molecule has 0 aliphatic rings. The highest BCUT2D eigenvalue weighted by Crippen LogP contribution is 1.86. The Bertz CT molecular complexity index is 118. The van der Waals surface area contributed by atoms with Gasteiger partial charge in [-0.05, 0) is 14.0 Å². The zero-order valence-corrected chi connectivity index (χ0v) is 9.13. The Morgan fingerprint density at radius 2 is 2.00 bits per heavy atom. The number of hydrogen-bond donors (Lipinski definition) is 2. The largest absolute Gasteiger partial charge is 0.395 e. The Kier molecular flexibility index (Phi) is 13.0. The Morgan fingerprint density at radius 1 is 1.46 bits per heavy atom. The van der Waals surface area contributed by atoms with E-state index in [1.807, 2.05) is 20.8 Å². The monoisotopic (exact) mass is 190 g/mol. The van der Waals surface area contributed by atoms with Crippen LogP contribution in [0.4, 0.5) is 0 Å². The molecule has 0 aliphatic carbocycles. The molecule has 1 amide bonds. The van der Waals surface area contributed by atoms with Gasteiger partial charge in [0.25, 0.3) is 0 Å². The summed E-state index contributed by atoms with van der Waals surface area (Å²) < 4.78 is 0. The molecule has 0 saturated heterocycles. The van der Waals surface area contributed by atoms with E-state index in [-0.39, 0.29) is 12.5 Å². The van der Waals surface area contributed by atoms with Crippen LogP contribution in [0.2, 0.25) is 0 Å². The molecule has 13 heavy (non-hydrogen) atoms. The van der Waals surface area contributed by atoms with Crippen molar-refractivity contribution in [2.24, 2.45) is 0 Å². The van der Waals surface area contributed by atoms with E-state index in [9.17, 15) is 4.79 Å². The van der Waals surface area contributed by atoms with Gasteiger partial charge in [-0.15, -0.1) is 0 Å². The maximum absolute atomic E-state index is 11.1. The molecule has 0 unspecified atom stereocenters. The number of carbonyl (C=O) groups is 1. The Balaban J connectivity index is 0. The van der Waals surface area contributed by atoms with Crippen LogP contribution in [0, 0.1) is 0 Å². The minimum Gasteiger partial charge on any atom is -0.395 e. The second-order valence-electron chi connectivity index (χ2n) is 2.23. The van der Waals surface area contributed by atoms with Crippen molar-refractivity contribution in [1.29, 1.82) is 0 Å². The van der Waals surface area contributed by atoms with Crippen molar-refractivity contribution in [3.05, 3.63) is 0 Å². The van der Waals surface area contributed by atoms with Crippen molar-refractivity contribution in [3.8, 4) is 0 Å². The number of hydrogen-bond acceptors (Lipinski definition) is 3. The fourth-order valence-corrected chi connectivity index (χ4v) is 0.843. The topological polar surface area (TPSA) is 52.6 Å². The van der Waals surface area contributed by atoms with E-state index in [2.05, 4.69) is 5.32 Å². The summed E-state index contributed by atoms with van der Waals surface area (Å²) in [6, 6.07) is 0. The van der Waals surface area contributed by atoms with Crippen LogP contribution in [0.1, 0.15) is 20.8 Å². The molecule has 0 heterocycles. The maximum Gasteiger partial charge on any atom is 0.236 e. The van der Waals surface area contributed by atoms with Gasteiger partial charge in [0.2, 0.25) is 5.91 Å². The van der Waals surface area contributed by atoms with E-state index >= 15 is 0 Å². The summed E-state index contributed by atoms with van der Waals surface area (Å²) in [5, 5.41) is 11.3. The van der Waals surface area contributed by atoms with Gasteiger partial charge in [0, 0.05) is 13.1 Å². The van der Waals surface area contributed by atoms with E-state index in [0.717, 1.165) is 0 Å². The number of aliphatic hydroxyl groups excluding tert-OH is 1. The van der Waals surface area contributed by atoms with Crippen LogP contribution in [-0.4, -0.2) is 49.2 Å². The molecule has 0 rings (SSSR count). The van der Waals surface area contributed by atoms with Gasteiger partial charge in [0.05, 0.1) is 13.2 Å². The predicted octanol–water partition coefficient (Wildman–Crippen LogP) is 0.0728. The second kappa shape index (κ2) is 11.4. The first-order valence-corrected chi connectivity index (χ1v) is 4.79. The highest BCUT2D eigenvalue weighted by Gasteiger charge is 2.08. The van der Waals surface area contributed by atoms with Gasteiger partial charge in [0.1, 0.15) is 0 Å². The number of rotatable bonds is 5. The quantitative estimate of drug-likeness (QED) is 0.645. The van der Waals surface area contributed by atoms with Gasteiger partial charge in [-0.3, -0.25) is 4.79 Å². The highest BCUT2D eigenvalue weighted by atomic mass is 16.3. The lowest BCUT2D eigenvalue weighted by Gasteiger charge is -2.18. The van der Waals surface area contributed by atoms with Gasteiger partial charge in [-0.1, -0.05) is 13.8 Å². The van der Waals surface area contributed by atoms with Crippen molar-refractivity contribution >= 4 is 5.91 Å². The molecule has 0 aromatic carbocycles. The molecule has 2 N–H and O–H groups in total. The molecule has 0 atom stereocenters. The zero-order valence-electron chi connectivity index (χ0n) is 9.13. The third-order valence-corrected chi connectivity index (χ3v) is 1.43. The normalized spacial score (nSPS) is 8.69. The Labute approximate surface area is 80.9 Å². The van der Waals surface area contributed by atoms with E-state index in [1.165, 1.54) is 0 Å². The maximum atomic E-state index is 11.1. The molecule has 4 nitrogen and oxygen atoms in total. The SMILES string of the molecule is CC.CCN(CCO)C(=O)CNC. The van der Waals surface area contributed by atoms with Crippen LogP contribution >= 0.6 is 0 Å². The molecule has 0 radical (unpaired) electrons. The van der Waals surface area contributed by atoms with Crippen molar-refractivity contribution in [3.63, 3.8) is 0 Å². The first kappa shape index (κ1) is 14.9. The third-order valence-electron chi connectivity index (χ3n) is 1.43. The van der Waals surface area contributed by atoms with Crippen molar-refractivity contribution in [1.82, 2.24) is 10.2 Å². The van der Waals surface area contributed by atoms with Gasteiger partial charge < -0.3 is 15.3 Å². The lowest BCUT2D eigenvalue weighted by molar-refractivity contribution is -0.130. The van der Waals surface area contributed by atoms with E-state index in [1.54, 1.807) is 11.9 Å². The Hall–Kier alpha value is -0.610. The molecule has 0 saturated carbocycles. The molecular formula is C9H22N2O2. The second-order valence-corrected chi connectivity index (χ2v) is 2.23. The molecule has 0 bridgehead atoms. The third kappa shape index (κ3) is 7.74. The predicted molar refractivity (Wildman–Crippen MR) is 54.6 cm³/mol. The minimum absolute atomic E-state index is 0.0310. The standard InChI is InChI=1S/C7H16N2O2.C2H6/c1-3-9(4-5-10)7(11)6-8-2;1-2/h8,10H,3-6H2,1-2H3;1-2H3. The lowest BCUT2D eigenvalue weighted by atomic mass is 10.4. The van der Waals surface area contributed by atoms with Crippen LogP contribution in [0.15, 0.2) is 0 Å². The first-order valence-electron chi connectivity index (χ1n) is 4.79. The summed E-state index contributed by atoms with van der Waals surface area (Å²) in [5.74, 6) is 0.0315. The van der Waals surface area contributed by atoms with Gasteiger partial charge in [0.15, 0.2) is 0 Å². The fraction of sp³-hybridized carbons (Fsp3) is 0.889. The van der Waals surface area contributed by atoms with E-state index in [0.29, 0.717) is 19.6 Å². The first-order chi connectivity index (χ1) is 6.26. The average molecular weight is 190 g/mol. The Morgan fingerprint density at radius 3 is 2.31 bits per heavy atom. The highest BCUT2D eigenvalue weighted by molar-refractivity contribution is 5.78. The lowest BCUT2D eigenvalue weighted by Crippen LogP contribution is -2.38. The smallest absolute Gasteiger partial charge is 0.236 e. The summed E-state index contributed by atoms with van der Waals surface area (Å²) in [6.45, 7) is 7.35. The molecular weight excluding hydrogens is 168 g/mol.